The molecule has 5 nitrogen and oxygen atoms in total. The summed E-state index contributed by atoms with van der Waals surface area (Å²) < 4.78 is 37.7. The molecule has 0 atom stereocenters. The Bertz CT molecular complexity index is 898. The number of carbonyl (C=O) groups excluding carboxylic acids is 2. The van der Waals surface area contributed by atoms with Crippen molar-refractivity contribution in [1.29, 1.82) is 5.26 Å². The Hall–Kier alpha value is -3.34. The number of carbonyl (C=O) groups is 2. The third-order valence-electron chi connectivity index (χ3n) is 3.85. The van der Waals surface area contributed by atoms with E-state index in [4.69, 9.17) is 5.26 Å². The minimum atomic E-state index is -4.47. The van der Waals surface area contributed by atoms with Crippen LogP contribution in [0, 0.1) is 16.7 Å². The van der Waals surface area contributed by atoms with Crippen molar-refractivity contribution < 1.29 is 22.8 Å². The second kappa shape index (κ2) is 7.50. The topological polar surface area (TPSA) is 82.0 Å². The molecule has 2 aromatic rings. The lowest BCUT2D eigenvalue weighted by molar-refractivity contribution is -0.137. The maximum absolute atomic E-state index is 12.6. The van der Waals surface area contributed by atoms with Crippen molar-refractivity contribution in [2.24, 2.45) is 5.41 Å². The molecule has 140 valence electrons. The average molecular weight is 375 g/mol. The lowest BCUT2D eigenvalue weighted by Crippen LogP contribution is -2.41. The van der Waals surface area contributed by atoms with Crippen LogP contribution in [-0.4, -0.2) is 11.8 Å². The van der Waals surface area contributed by atoms with E-state index in [-0.39, 0.29) is 5.69 Å². The van der Waals surface area contributed by atoms with Crippen LogP contribution in [0.2, 0.25) is 0 Å². The summed E-state index contributed by atoms with van der Waals surface area (Å²) in [6.07, 6.45) is -4.47. The number of rotatable bonds is 4. The molecule has 0 heterocycles. The van der Waals surface area contributed by atoms with Crippen LogP contribution in [0.1, 0.15) is 25.0 Å². The molecule has 2 rings (SSSR count). The van der Waals surface area contributed by atoms with Crippen LogP contribution in [0.4, 0.5) is 24.5 Å². The second-order valence-corrected chi connectivity index (χ2v) is 6.30. The van der Waals surface area contributed by atoms with Gasteiger partial charge in [-0.3, -0.25) is 9.59 Å². The van der Waals surface area contributed by atoms with Gasteiger partial charge in [0.2, 0.25) is 11.8 Å². The van der Waals surface area contributed by atoms with Crippen molar-refractivity contribution in [3.05, 3.63) is 59.7 Å². The van der Waals surface area contributed by atoms with E-state index >= 15 is 0 Å². The molecule has 0 aliphatic rings. The number of nitrogens with zero attached hydrogens (tertiary/aromatic N) is 1. The molecule has 0 aliphatic carbocycles. The van der Waals surface area contributed by atoms with Gasteiger partial charge in [0.1, 0.15) is 5.41 Å². The van der Waals surface area contributed by atoms with Crippen molar-refractivity contribution in [3.63, 3.8) is 0 Å². The van der Waals surface area contributed by atoms with Crippen LogP contribution >= 0.6 is 0 Å². The highest BCUT2D eigenvalue weighted by molar-refractivity contribution is 6.14. The van der Waals surface area contributed by atoms with Gasteiger partial charge in [0.25, 0.3) is 0 Å². The largest absolute Gasteiger partial charge is 0.416 e. The maximum atomic E-state index is 12.6. The Morgan fingerprint density at radius 3 is 2.00 bits per heavy atom. The van der Waals surface area contributed by atoms with E-state index in [0.717, 1.165) is 24.3 Å². The predicted molar refractivity (Wildman–Crippen MR) is 93.6 cm³/mol. The first-order chi connectivity index (χ1) is 12.5. The van der Waals surface area contributed by atoms with Crippen LogP contribution < -0.4 is 10.6 Å². The van der Waals surface area contributed by atoms with Crippen molar-refractivity contribution in [2.45, 2.75) is 20.0 Å². The lowest BCUT2D eigenvalue weighted by atomic mass is 9.90. The van der Waals surface area contributed by atoms with E-state index in [1.54, 1.807) is 18.2 Å². The predicted octanol–water partition coefficient (Wildman–Crippen LogP) is 4.18. The fraction of sp³-hybridized carbons (Fsp3) is 0.211. The summed E-state index contributed by atoms with van der Waals surface area (Å²) in [5.41, 5.74) is -1.50. The zero-order valence-corrected chi connectivity index (χ0v) is 14.5. The molecule has 8 heteroatoms. The highest BCUT2D eigenvalue weighted by atomic mass is 19.4. The number of hydrogen-bond acceptors (Lipinski definition) is 3. The van der Waals surface area contributed by atoms with E-state index in [0.29, 0.717) is 11.3 Å². The molecular formula is C19H16F3N3O2. The minimum Gasteiger partial charge on any atom is -0.325 e. The van der Waals surface area contributed by atoms with Crippen molar-refractivity contribution in [1.82, 2.24) is 0 Å². The fourth-order valence-corrected chi connectivity index (χ4v) is 2.09. The van der Waals surface area contributed by atoms with Crippen LogP contribution in [0.3, 0.4) is 0 Å². The fourth-order valence-electron chi connectivity index (χ4n) is 2.09. The number of nitriles is 1. The monoisotopic (exact) mass is 375 g/mol. The summed E-state index contributed by atoms with van der Waals surface area (Å²) in [4.78, 5) is 24.9. The van der Waals surface area contributed by atoms with Gasteiger partial charge in [0.15, 0.2) is 0 Å². The second-order valence-electron chi connectivity index (χ2n) is 6.30. The van der Waals surface area contributed by atoms with E-state index in [1.807, 2.05) is 6.07 Å². The van der Waals surface area contributed by atoms with Gasteiger partial charge in [-0.2, -0.15) is 18.4 Å². The normalized spacial score (nSPS) is 11.4. The summed E-state index contributed by atoms with van der Waals surface area (Å²) >= 11 is 0. The lowest BCUT2D eigenvalue weighted by Gasteiger charge is -2.23. The van der Waals surface area contributed by atoms with Gasteiger partial charge in [-0.1, -0.05) is 6.07 Å². The van der Waals surface area contributed by atoms with E-state index < -0.39 is 29.0 Å². The smallest absolute Gasteiger partial charge is 0.325 e. The molecule has 0 aromatic heterocycles. The number of halogens is 3. The molecule has 0 aliphatic heterocycles. The first kappa shape index (κ1) is 20.0. The number of hydrogen-bond donors (Lipinski definition) is 2. The summed E-state index contributed by atoms with van der Waals surface area (Å²) in [6.45, 7) is 2.77. The molecule has 0 unspecified atom stereocenters. The molecule has 0 radical (unpaired) electrons. The summed E-state index contributed by atoms with van der Waals surface area (Å²) in [7, 11) is 0. The molecule has 2 aromatic carbocycles. The third-order valence-corrected chi connectivity index (χ3v) is 3.85. The molecule has 0 spiro atoms. The summed E-state index contributed by atoms with van der Waals surface area (Å²) in [5.74, 6) is -1.31. The standard InChI is InChI=1S/C19H16F3N3O2/c1-18(2,17(27)25-15-5-3-4-12(10-15)11-23)16(26)24-14-8-6-13(7-9-14)19(20,21)22/h3-10H,1-2H3,(H,24,26)(H,25,27). The zero-order valence-electron chi connectivity index (χ0n) is 14.5. The zero-order chi connectivity index (χ0) is 20.2. The van der Waals surface area contributed by atoms with Crippen LogP contribution in [0.15, 0.2) is 48.5 Å². The van der Waals surface area contributed by atoms with Gasteiger partial charge in [0, 0.05) is 11.4 Å². The average Bonchev–Trinajstić information content (AvgIpc) is 2.61. The number of nitrogens with one attached hydrogen (secondary N) is 2. The number of alkyl halides is 3. The number of anilines is 2. The summed E-state index contributed by atoms with van der Waals surface area (Å²) in [5, 5.41) is 13.9. The molecule has 0 saturated carbocycles. The van der Waals surface area contributed by atoms with Gasteiger partial charge < -0.3 is 10.6 Å². The maximum Gasteiger partial charge on any atom is 0.416 e. The quantitative estimate of drug-likeness (QED) is 0.787. The van der Waals surface area contributed by atoms with Crippen LogP contribution in [0.25, 0.3) is 0 Å². The molecule has 0 bridgehead atoms. The first-order valence-electron chi connectivity index (χ1n) is 7.84. The minimum absolute atomic E-state index is 0.139. The van der Waals surface area contributed by atoms with Gasteiger partial charge in [-0.15, -0.1) is 0 Å². The van der Waals surface area contributed by atoms with Gasteiger partial charge >= 0.3 is 6.18 Å². The van der Waals surface area contributed by atoms with E-state index in [1.165, 1.54) is 19.9 Å². The molecule has 0 saturated heterocycles. The van der Waals surface area contributed by atoms with Gasteiger partial charge in [-0.25, -0.2) is 0 Å². The molecule has 2 N–H and O–H groups in total. The Morgan fingerprint density at radius 2 is 1.48 bits per heavy atom. The van der Waals surface area contributed by atoms with Crippen molar-refractivity contribution >= 4 is 23.2 Å². The van der Waals surface area contributed by atoms with E-state index in [9.17, 15) is 22.8 Å². The third kappa shape index (κ3) is 4.85. The Balaban J connectivity index is 2.09. The molecular weight excluding hydrogens is 359 g/mol. The SMILES string of the molecule is CC(C)(C(=O)Nc1ccc(C(F)(F)F)cc1)C(=O)Nc1cccc(C#N)c1. The summed E-state index contributed by atoms with van der Waals surface area (Å²) in [6, 6.07) is 12.0. The first-order valence-corrected chi connectivity index (χ1v) is 7.84. The van der Waals surface area contributed by atoms with Gasteiger partial charge in [0.05, 0.1) is 17.2 Å². The highest BCUT2D eigenvalue weighted by Gasteiger charge is 2.36. The van der Waals surface area contributed by atoms with Crippen molar-refractivity contribution in [2.75, 3.05) is 10.6 Å². The van der Waals surface area contributed by atoms with Crippen molar-refractivity contribution in [3.8, 4) is 6.07 Å². The van der Waals surface area contributed by atoms with Crippen LogP contribution in [-0.2, 0) is 15.8 Å². The highest BCUT2D eigenvalue weighted by Crippen LogP contribution is 2.30. The molecule has 0 fully saturated rings. The van der Waals surface area contributed by atoms with Crippen LogP contribution in [0.5, 0.6) is 0 Å². The Kier molecular flexibility index (Phi) is 5.55. The molecule has 27 heavy (non-hydrogen) atoms. The van der Waals surface area contributed by atoms with Gasteiger partial charge in [-0.05, 0) is 56.3 Å². The Morgan fingerprint density at radius 1 is 0.926 bits per heavy atom. The number of amides is 2. The molecule has 2 amide bonds. The Labute approximate surface area is 153 Å². The number of benzene rings is 2. The van der Waals surface area contributed by atoms with E-state index in [2.05, 4.69) is 10.6 Å².